The standard InChI is InChI=1S/C21H23F4N3O/c1-12-7-15(9-16(22)8-12)20-13(2)5-6-27(20)19(29)11-28-18(21(23,24)25)10-17(26-28)14-3-4-14/h7-10,13-14,20H,3-6,11H2,1-2H3/t13-,20+/m1/s1. The number of halogens is 4. The average molecular weight is 409 g/mol. The van der Waals surface area contributed by atoms with Gasteiger partial charge in [0.05, 0.1) is 11.7 Å². The van der Waals surface area contributed by atoms with E-state index in [9.17, 15) is 22.4 Å². The van der Waals surface area contributed by atoms with Crippen LogP contribution in [0.4, 0.5) is 17.6 Å². The Balaban J connectivity index is 1.61. The molecule has 0 bridgehead atoms. The first kappa shape index (κ1) is 19.9. The summed E-state index contributed by atoms with van der Waals surface area (Å²) in [6, 6.07) is 5.35. The van der Waals surface area contributed by atoms with Crippen LogP contribution >= 0.6 is 0 Å². The number of nitrogens with zero attached hydrogens (tertiary/aromatic N) is 3. The summed E-state index contributed by atoms with van der Waals surface area (Å²) in [4.78, 5) is 14.6. The molecule has 4 nitrogen and oxygen atoms in total. The first-order chi connectivity index (χ1) is 13.6. The Hall–Kier alpha value is -2.38. The van der Waals surface area contributed by atoms with E-state index in [0.717, 1.165) is 29.2 Å². The van der Waals surface area contributed by atoms with E-state index in [0.29, 0.717) is 24.2 Å². The lowest BCUT2D eigenvalue weighted by atomic mass is 9.94. The van der Waals surface area contributed by atoms with E-state index in [2.05, 4.69) is 5.10 Å². The molecule has 29 heavy (non-hydrogen) atoms. The number of rotatable bonds is 4. The lowest BCUT2D eigenvalue weighted by Gasteiger charge is -2.28. The minimum atomic E-state index is -4.57. The average Bonchev–Trinajstić information content (AvgIpc) is 3.25. The second kappa shape index (κ2) is 7.15. The van der Waals surface area contributed by atoms with Gasteiger partial charge in [-0.05, 0) is 61.4 Å². The normalized spacial score (nSPS) is 22.3. The Morgan fingerprint density at radius 2 is 1.90 bits per heavy atom. The van der Waals surface area contributed by atoms with Crippen LogP contribution < -0.4 is 0 Å². The van der Waals surface area contributed by atoms with Gasteiger partial charge >= 0.3 is 6.18 Å². The largest absolute Gasteiger partial charge is 0.433 e. The Bertz CT molecular complexity index is 912. The summed E-state index contributed by atoms with van der Waals surface area (Å²) in [6.45, 7) is 3.70. The van der Waals surface area contributed by atoms with Crippen LogP contribution in [0.2, 0.25) is 0 Å². The van der Waals surface area contributed by atoms with Gasteiger partial charge < -0.3 is 4.90 Å². The third-order valence-electron chi connectivity index (χ3n) is 5.80. The van der Waals surface area contributed by atoms with Crippen LogP contribution in [0, 0.1) is 18.7 Å². The van der Waals surface area contributed by atoms with Crippen molar-refractivity contribution in [2.75, 3.05) is 6.54 Å². The summed E-state index contributed by atoms with van der Waals surface area (Å²) >= 11 is 0. The maximum absolute atomic E-state index is 13.9. The molecular formula is C21H23F4N3O. The summed E-state index contributed by atoms with van der Waals surface area (Å²) < 4.78 is 55.0. The topological polar surface area (TPSA) is 38.1 Å². The van der Waals surface area contributed by atoms with Crippen molar-refractivity contribution in [2.45, 2.75) is 57.8 Å². The molecule has 1 aromatic carbocycles. The highest BCUT2D eigenvalue weighted by molar-refractivity contribution is 5.77. The van der Waals surface area contributed by atoms with Gasteiger partial charge in [-0.1, -0.05) is 13.0 Å². The summed E-state index contributed by atoms with van der Waals surface area (Å²) in [6.07, 6.45) is -2.21. The molecule has 1 aliphatic heterocycles. The molecule has 0 spiro atoms. The van der Waals surface area contributed by atoms with E-state index in [4.69, 9.17) is 0 Å². The van der Waals surface area contributed by atoms with E-state index in [1.165, 1.54) is 12.1 Å². The van der Waals surface area contributed by atoms with Crippen molar-refractivity contribution in [1.82, 2.24) is 14.7 Å². The van der Waals surface area contributed by atoms with Crippen molar-refractivity contribution in [3.63, 3.8) is 0 Å². The Morgan fingerprint density at radius 3 is 2.52 bits per heavy atom. The maximum atomic E-state index is 13.9. The fraction of sp³-hybridized carbons (Fsp3) is 0.524. The number of alkyl halides is 3. The number of carbonyl (C=O) groups is 1. The summed E-state index contributed by atoms with van der Waals surface area (Å²) in [5.74, 6) is -0.673. The van der Waals surface area contributed by atoms with Crippen LogP contribution in [0.25, 0.3) is 0 Å². The van der Waals surface area contributed by atoms with E-state index >= 15 is 0 Å². The summed E-state index contributed by atoms with van der Waals surface area (Å²) in [5.41, 5.74) is 0.929. The van der Waals surface area contributed by atoms with Gasteiger partial charge in [-0.3, -0.25) is 9.48 Å². The van der Waals surface area contributed by atoms with Gasteiger partial charge in [0.15, 0.2) is 0 Å². The molecule has 0 radical (unpaired) electrons. The zero-order valence-electron chi connectivity index (χ0n) is 16.3. The molecule has 2 fully saturated rings. The van der Waals surface area contributed by atoms with Gasteiger partial charge in [-0.15, -0.1) is 0 Å². The van der Waals surface area contributed by atoms with E-state index in [1.807, 2.05) is 13.0 Å². The molecular weight excluding hydrogens is 386 g/mol. The predicted octanol–water partition coefficient (Wildman–Crippen LogP) is 4.84. The number of aromatic nitrogens is 2. The van der Waals surface area contributed by atoms with Crippen molar-refractivity contribution in [3.05, 3.63) is 52.6 Å². The quantitative estimate of drug-likeness (QED) is 0.678. The number of benzene rings is 1. The van der Waals surface area contributed by atoms with Gasteiger partial charge in [0.25, 0.3) is 0 Å². The molecule has 2 atom stereocenters. The number of carbonyl (C=O) groups excluding carboxylic acids is 1. The molecule has 2 aliphatic rings. The molecule has 156 valence electrons. The van der Waals surface area contributed by atoms with E-state index in [1.54, 1.807) is 11.8 Å². The van der Waals surface area contributed by atoms with Crippen LogP contribution in [0.15, 0.2) is 24.3 Å². The van der Waals surface area contributed by atoms with Crippen molar-refractivity contribution >= 4 is 5.91 Å². The molecule has 1 aromatic heterocycles. The highest BCUT2D eigenvalue weighted by Gasteiger charge is 2.40. The van der Waals surface area contributed by atoms with Crippen LogP contribution in [0.1, 0.15) is 60.7 Å². The summed E-state index contributed by atoms with van der Waals surface area (Å²) in [5, 5.41) is 4.08. The molecule has 1 amide bonds. The molecule has 1 aliphatic carbocycles. The van der Waals surface area contributed by atoms with Crippen molar-refractivity contribution in [1.29, 1.82) is 0 Å². The van der Waals surface area contributed by atoms with Crippen LogP contribution in [0.3, 0.4) is 0 Å². The SMILES string of the molecule is Cc1cc(F)cc([C@@H]2[C@H](C)CCN2C(=O)Cn2nc(C3CC3)cc2C(F)(F)F)c1. The minimum Gasteiger partial charge on any atom is -0.334 e. The van der Waals surface area contributed by atoms with Gasteiger partial charge in [0, 0.05) is 12.5 Å². The fourth-order valence-corrected chi connectivity index (χ4v) is 4.25. The van der Waals surface area contributed by atoms with Gasteiger partial charge in [0.1, 0.15) is 18.1 Å². The monoisotopic (exact) mass is 409 g/mol. The number of likely N-dealkylation sites (tertiary alicyclic amines) is 1. The van der Waals surface area contributed by atoms with Crippen molar-refractivity contribution < 1.29 is 22.4 Å². The molecule has 4 rings (SSSR count). The van der Waals surface area contributed by atoms with Crippen LogP contribution in [-0.2, 0) is 17.5 Å². The molecule has 2 aromatic rings. The first-order valence-corrected chi connectivity index (χ1v) is 9.85. The zero-order chi connectivity index (χ0) is 20.9. The van der Waals surface area contributed by atoms with E-state index in [-0.39, 0.29) is 23.7 Å². The Labute approximate surface area is 166 Å². The highest BCUT2D eigenvalue weighted by Crippen LogP contribution is 2.42. The second-order valence-electron chi connectivity index (χ2n) is 8.24. The van der Waals surface area contributed by atoms with Gasteiger partial charge in [-0.25, -0.2) is 4.39 Å². The van der Waals surface area contributed by atoms with E-state index < -0.39 is 24.3 Å². The summed E-state index contributed by atoms with van der Waals surface area (Å²) in [7, 11) is 0. The highest BCUT2D eigenvalue weighted by atomic mass is 19.4. The van der Waals surface area contributed by atoms with Crippen LogP contribution in [0.5, 0.6) is 0 Å². The van der Waals surface area contributed by atoms with Gasteiger partial charge in [-0.2, -0.15) is 18.3 Å². The third-order valence-corrected chi connectivity index (χ3v) is 5.80. The van der Waals surface area contributed by atoms with Crippen molar-refractivity contribution in [2.24, 2.45) is 5.92 Å². The molecule has 1 saturated heterocycles. The minimum absolute atomic E-state index is 0.0577. The Kier molecular flexibility index (Phi) is 4.91. The maximum Gasteiger partial charge on any atom is 0.433 e. The number of hydrogen-bond donors (Lipinski definition) is 0. The molecule has 0 unspecified atom stereocenters. The Morgan fingerprint density at radius 1 is 1.17 bits per heavy atom. The zero-order valence-corrected chi connectivity index (χ0v) is 16.3. The fourth-order valence-electron chi connectivity index (χ4n) is 4.25. The smallest absolute Gasteiger partial charge is 0.334 e. The van der Waals surface area contributed by atoms with Gasteiger partial charge in [0.2, 0.25) is 5.91 Å². The number of amides is 1. The number of aryl methyl sites for hydroxylation is 1. The molecule has 2 heterocycles. The lowest BCUT2D eigenvalue weighted by Crippen LogP contribution is -2.35. The first-order valence-electron chi connectivity index (χ1n) is 9.85. The second-order valence-corrected chi connectivity index (χ2v) is 8.24. The third kappa shape index (κ3) is 4.02. The molecule has 0 N–H and O–H groups in total. The molecule has 1 saturated carbocycles. The van der Waals surface area contributed by atoms with Crippen LogP contribution in [-0.4, -0.2) is 27.1 Å². The van der Waals surface area contributed by atoms with Crippen molar-refractivity contribution in [3.8, 4) is 0 Å². The number of hydrogen-bond acceptors (Lipinski definition) is 2. The predicted molar refractivity (Wildman–Crippen MR) is 98.6 cm³/mol. The molecule has 8 heteroatoms. The lowest BCUT2D eigenvalue weighted by molar-refractivity contribution is -0.146.